The third-order valence-electron chi connectivity index (χ3n) is 3.24. The quantitative estimate of drug-likeness (QED) is 0.724. The van der Waals surface area contributed by atoms with Crippen molar-refractivity contribution < 1.29 is 9.18 Å². The summed E-state index contributed by atoms with van der Waals surface area (Å²) < 4.78 is 13.8. The number of hydrogen-bond donors (Lipinski definition) is 3. The molecular weight excluding hydrogens is 257 g/mol. The summed E-state index contributed by atoms with van der Waals surface area (Å²) in [4.78, 5) is 11.7. The van der Waals surface area contributed by atoms with E-state index in [4.69, 9.17) is 5.73 Å². The number of benzene rings is 1. The Hall–Kier alpha value is -2.06. The summed E-state index contributed by atoms with van der Waals surface area (Å²) in [6.07, 6.45) is 4.24. The van der Waals surface area contributed by atoms with E-state index in [2.05, 4.69) is 22.5 Å². The zero-order chi connectivity index (χ0) is 14.4. The summed E-state index contributed by atoms with van der Waals surface area (Å²) in [6, 6.07) is 4.28. The molecule has 2 rings (SSSR count). The van der Waals surface area contributed by atoms with Gasteiger partial charge in [0.1, 0.15) is 5.82 Å². The first-order chi connectivity index (χ1) is 9.69. The third-order valence-corrected chi connectivity index (χ3v) is 3.24. The number of halogens is 1. The number of hydrogen-bond acceptors (Lipinski definition) is 2. The van der Waals surface area contributed by atoms with Gasteiger partial charge in [-0.2, -0.15) is 0 Å². The Labute approximate surface area is 117 Å². The number of nitrogens with two attached hydrogens (primary N) is 1. The van der Waals surface area contributed by atoms with Crippen LogP contribution in [0.15, 0.2) is 18.2 Å². The predicted octanol–water partition coefficient (Wildman–Crippen LogP) is 2.20. The monoisotopic (exact) mass is 275 g/mol. The van der Waals surface area contributed by atoms with E-state index < -0.39 is 5.82 Å². The topological polar surface area (TPSA) is 67.1 Å². The molecule has 0 atom stereocenters. The maximum atomic E-state index is 13.8. The maximum absolute atomic E-state index is 13.8. The highest BCUT2D eigenvalue weighted by molar-refractivity contribution is 5.89. The van der Waals surface area contributed by atoms with Crippen LogP contribution in [0.25, 0.3) is 0 Å². The molecule has 0 radical (unpaired) electrons. The molecule has 1 aromatic rings. The van der Waals surface area contributed by atoms with E-state index in [0.717, 1.165) is 25.7 Å². The molecule has 0 bridgehead atoms. The van der Waals surface area contributed by atoms with Crippen molar-refractivity contribution in [2.75, 3.05) is 11.9 Å². The summed E-state index contributed by atoms with van der Waals surface area (Å²) in [5.74, 6) is 4.89. The number of urea groups is 1. The predicted molar refractivity (Wildman–Crippen MR) is 76.7 cm³/mol. The smallest absolute Gasteiger partial charge is 0.319 e. The molecule has 4 N–H and O–H groups in total. The SMILES string of the molecule is NCC#Cc1ccc(NC(=O)NC2CCCC2)c(F)c1. The highest BCUT2D eigenvalue weighted by Crippen LogP contribution is 2.19. The minimum atomic E-state index is -0.504. The first-order valence-corrected chi connectivity index (χ1v) is 6.75. The van der Waals surface area contributed by atoms with E-state index in [1.807, 2.05) is 0 Å². The number of amides is 2. The Bertz CT molecular complexity index is 542. The number of rotatable bonds is 2. The summed E-state index contributed by atoms with van der Waals surface area (Å²) in [5.41, 5.74) is 5.94. The van der Waals surface area contributed by atoms with Crippen LogP contribution in [0.2, 0.25) is 0 Å². The van der Waals surface area contributed by atoms with Crippen molar-refractivity contribution in [1.29, 1.82) is 0 Å². The van der Waals surface area contributed by atoms with Gasteiger partial charge in [0.15, 0.2) is 0 Å². The molecule has 106 valence electrons. The molecule has 0 saturated heterocycles. The summed E-state index contributed by atoms with van der Waals surface area (Å²) >= 11 is 0. The minimum absolute atomic E-state index is 0.152. The molecule has 1 aromatic carbocycles. The lowest BCUT2D eigenvalue weighted by Gasteiger charge is -2.13. The van der Waals surface area contributed by atoms with Crippen LogP contribution >= 0.6 is 0 Å². The van der Waals surface area contributed by atoms with Crippen LogP contribution in [0, 0.1) is 17.7 Å². The third kappa shape index (κ3) is 3.97. The summed E-state index contributed by atoms with van der Waals surface area (Å²) in [7, 11) is 0. The average Bonchev–Trinajstić information content (AvgIpc) is 2.92. The minimum Gasteiger partial charge on any atom is -0.335 e. The fourth-order valence-corrected chi connectivity index (χ4v) is 2.26. The van der Waals surface area contributed by atoms with Crippen LogP contribution in [0.4, 0.5) is 14.9 Å². The van der Waals surface area contributed by atoms with Crippen LogP contribution in [0.3, 0.4) is 0 Å². The highest BCUT2D eigenvalue weighted by Gasteiger charge is 2.17. The average molecular weight is 275 g/mol. The second-order valence-electron chi connectivity index (χ2n) is 4.78. The number of carbonyl (C=O) groups is 1. The second-order valence-corrected chi connectivity index (χ2v) is 4.78. The zero-order valence-corrected chi connectivity index (χ0v) is 11.2. The molecule has 20 heavy (non-hydrogen) atoms. The normalized spacial score (nSPS) is 14.5. The Morgan fingerprint density at radius 3 is 2.80 bits per heavy atom. The van der Waals surface area contributed by atoms with Gasteiger partial charge in [0.25, 0.3) is 0 Å². The molecule has 4 nitrogen and oxygen atoms in total. The lowest BCUT2D eigenvalue weighted by Crippen LogP contribution is -2.36. The van der Waals surface area contributed by atoms with Crippen LogP contribution in [-0.4, -0.2) is 18.6 Å². The van der Waals surface area contributed by atoms with E-state index in [1.54, 1.807) is 6.07 Å². The molecule has 1 saturated carbocycles. The summed E-state index contributed by atoms with van der Waals surface area (Å²) in [5, 5.41) is 5.36. The Morgan fingerprint density at radius 2 is 2.15 bits per heavy atom. The lowest BCUT2D eigenvalue weighted by atomic mass is 10.2. The Balaban J connectivity index is 1.96. The Kier molecular flexibility index (Phi) is 4.97. The van der Waals surface area contributed by atoms with E-state index in [0.29, 0.717) is 5.56 Å². The standard InChI is InChI=1S/C15H18FN3O/c16-13-10-11(4-3-9-17)7-8-14(13)19-15(20)18-12-5-1-2-6-12/h7-8,10,12H,1-2,5-6,9,17H2,(H2,18,19,20). The van der Waals surface area contributed by atoms with Gasteiger partial charge in [0.05, 0.1) is 12.2 Å². The van der Waals surface area contributed by atoms with Crippen LogP contribution in [0.5, 0.6) is 0 Å². The van der Waals surface area contributed by atoms with Crippen molar-refractivity contribution in [1.82, 2.24) is 5.32 Å². The van der Waals surface area contributed by atoms with Crippen LogP contribution in [0.1, 0.15) is 31.2 Å². The van der Waals surface area contributed by atoms with Crippen molar-refractivity contribution in [3.05, 3.63) is 29.6 Å². The van der Waals surface area contributed by atoms with Gasteiger partial charge in [-0.05, 0) is 31.0 Å². The van der Waals surface area contributed by atoms with Crippen molar-refractivity contribution >= 4 is 11.7 Å². The summed E-state index contributed by atoms with van der Waals surface area (Å²) in [6.45, 7) is 0.228. The van der Waals surface area contributed by atoms with E-state index in [1.165, 1.54) is 12.1 Å². The molecule has 0 aliphatic heterocycles. The molecule has 1 aliphatic rings. The lowest BCUT2D eigenvalue weighted by molar-refractivity contribution is 0.248. The zero-order valence-electron chi connectivity index (χ0n) is 11.2. The fraction of sp³-hybridized carbons (Fsp3) is 0.400. The van der Waals surface area contributed by atoms with E-state index in [9.17, 15) is 9.18 Å². The van der Waals surface area contributed by atoms with E-state index >= 15 is 0 Å². The van der Waals surface area contributed by atoms with E-state index in [-0.39, 0.29) is 24.3 Å². The van der Waals surface area contributed by atoms with Gasteiger partial charge in [-0.15, -0.1) is 0 Å². The van der Waals surface area contributed by atoms with Gasteiger partial charge in [-0.3, -0.25) is 0 Å². The number of nitrogens with one attached hydrogen (secondary N) is 2. The van der Waals surface area contributed by atoms with Gasteiger partial charge in [0.2, 0.25) is 0 Å². The molecule has 0 aromatic heterocycles. The van der Waals surface area contributed by atoms with Crippen molar-refractivity contribution in [3.63, 3.8) is 0 Å². The fourth-order valence-electron chi connectivity index (χ4n) is 2.26. The molecule has 0 heterocycles. The molecule has 0 unspecified atom stereocenters. The van der Waals surface area contributed by atoms with Crippen molar-refractivity contribution in [2.24, 2.45) is 5.73 Å². The van der Waals surface area contributed by atoms with Gasteiger partial charge < -0.3 is 16.4 Å². The van der Waals surface area contributed by atoms with Gasteiger partial charge in [0, 0.05) is 11.6 Å². The van der Waals surface area contributed by atoms with Crippen LogP contribution in [-0.2, 0) is 0 Å². The van der Waals surface area contributed by atoms with Crippen LogP contribution < -0.4 is 16.4 Å². The highest BCUT2D eigenvalue weighted by atomic mass is 19.1. The number of carbonyl (C=O) groups excluding carboxylic acids is 1. The Morgan fingerprint density at radius 1 is 1.40 bits per heavy atom. The molecule has 2 amide bonds. The largest absolute Gasteiger partial charge is 0.335 e. The molecule has 1 fully saturated rings. The molecule has 1 aliphatic carbocycles. The second kappa shape index (κ2) is 6.92. The number of anilines is 1. The molecule has 5 heteroatoms. The van der Waals surface area contributed by atoms with Gasteiger partial charge in [-0.1, -0.05) is 24.7 Å². The van der Waals surface area contributed by atoms with Crippen molar-refractivity contribution in [2.45, 2.75) is 31.7 Å². The molecule has 0 spiro atoms. The maximum Gasteiger partial charge on any atom is 0.319 e. The van der Waals surface area contributed by atoms with Gasteiger partial charge >= 0.3 is 6.03 Å². The van der Waals surface area contributed by atoms with Crippen molar-refractivity contribution in [3.8, 4) is 11.8 Å². The molecular formula is C15H18FN3O. The first kappa shape index (κ1) is 14.4. The first-order valence-electron chi connectivity index (χ1n) is 6.75. The van der Waals surface area contributed by atoms with Gasteiger partial charge in [-0.25, -0.2) is 9.18 Å².